The Bertz CT molecular complexity index is 872. The Morgan fingerprint density at radius 1 is 1.00 bits per heavy atom. The lowest BCUT2D eigenvalue weighted by atomic mass is 10.1. The Balaban J connectivity index is 1.58. The normalized spacial score (nSPS) is 14.7. The molecule has 0 atom stereocenters. The number of nitrogens with one attached hydrogen (secondary N) is 2. The molecule has 0 amide bonds. The molecule has 8 nitrogen and oxygen atoms in total. The summed E-state index contributed by atoms with van der Waals surface area (Å²) in [5, 5.41) is 6.61. The number of anilines is 1. The van der Waals surface area contributed by atoms with Gasteiger partial charge in [-0.2, -0.15) is 0 Å². The number of rotatable bonds is 9. The highest BCUT2D eigenvalue weighted by Gasteiger charge is 2.15. The summed E-state index contributed by atoms with van der Waals surface area (Å²) in [6.07, 6.45) is 2.21. The van der Waals surface area contributed by atoms with Crippen molar-refractivity contribution in [2.75, 3.05) is 46.9 Å². The molecule has 2 N–H and O–H groups in total. The van der Waals surface area contributed by atoms with E-state index in [1.54, 1.807) is 28.4 Å². The Kier molecular flexibility index (Phi) is 9.01. The van der Waals surface area contributed by atoms with Gasteiger partial charge in [0.15, 0.2) is 17.5 Å². The number of hydrogen-bond acceptors (Lipinski definition) is 6. The Labute approximate surface area is 189 Å². The van der Waals surface area contributed by atoms with Crippen molar-refractivity contribution >= 4 is 11.6 Å². The number of benzene rings is 2. The first-order chi connectivity index (χ1) is 15.7. The van der Waals surface area contributed by atoms with E-state index in [-0.39, 0.29) is 6.10 Å². The van der Waals surface area contributed by atoms with Crippen molar-refractivity contribution in [3.8, 4) is 17.2 Å². The van der Waals surface area contributed by atoms with Crippen LogP contribution in [0.3, 0.4) is 0 Å². The van der Waals surface area contributed by atoms with Crippen LogP contribution in [0.4, 0.5) is 5.69 Å². The fourth-order valence-corrected chi connectivity index (χ4v) is 3.54. The molecule has 32 heavy (non-hydrogen) atoms. The number of nitrogens with zero attached hydrogens (tertiary/aromatic N) is 1. The van der Waals surface area contributed by atoms with Crippen LogP contribution in [0, 0.1) is 0 Å². The molecule has 8 heteroatoms. The zero-order chi connectivity index (χ0) is 22.8. The molecule has 3 rings (SSSR count). The minimum absolute atomic E-state index is 0.284. The van der Waals surface area contributed by atoms with Gasteiger partial charge < -0.3 is 34.3 Å². The highest BCUT2D eigenvalue weighted by molar-refractivity contribution is 5.94. The van der Waals surface area contributed by atoms with Crippen molar-refractivity contribution in [1.29, 1.82) is 0 Å². The molecular formula is C24H33N3O5. The van der Waals surface area contributed by atoms with Gasteiger partial charge in [0.1, 0.15) is 0 Å². The highest BCUT2D eigenvalue weighted by atomic mass is 16.5. The third-order valence-corrected chi connectivity index (χ3v) is 5.26. The van der Waals surface area contributed by atoms with Crippen LogP contribution < -0.4 is 24.8 Å². The lowest BCUT2D eigenvalue weighted by molar-refractivity contribution is -0.0390. The summed E-state index contributed by atoms with van der Waals surface area (Å²) in [4.78, 5) is 4.32. The second-order valence-corrected chi connectivity index (χ2v) is 7.41. The molecule has 0 bridgehead atoms. The molecule has 0 unspecified atom stereocenters. The van der Waals surface area contributed by atoms with Crippen LogP contribution in [0.15, 0.2) is 41.4 Å². The minimum atomic E-state index is 0.284. The SMILES string of the molecule is CN=C(NCc1cccc(COC2CCOCC2)c1)Nc1cc(OC)c(OC)c(OC)c1. The molecule has 0 saturated carbocycles. The van der Waals surface area contributed by atoms with Gasteiger partial charge in [0.05, 0.1) is 34.0 Å². The van der Waals surface area contributed by atoms with Crippen molar-refractivity contribution in [3.63, 3.8) is 0 Å². The maximum absolute atomic E-state index is 6.04. The average molecular weight is 444 g/mol. The first-order valence-corrected chi connectivity index (χ1v) is 10.7. The van der Waals surface area contributed by atoms with Crippen molar-refractivity contribution < 1.29 is 23.7 Å². The van der Waals surface area contributed by atoms with E-state index in [2.05, 4.69) is 39.9 Å². The summed E-state index contributed by atoms with van der Waals surface area (Å²) in [5.41, 5.74) is 3.07. The molecule has 1 saturated heterocycles. The van der Waals surface area contributed by atoms with E-state index in [9.17, 15) is 0 Å². The number of hydrogen-bond donors (Lipinski definition) is 2. The lowest BCUT2D eigenvalue weighted by Crippen LogP contribution is -2.30. The van der Waals surface area contributed by atoms with E-state index in [4.69, 9.17) is 23.7 Å². The summed E-state index contributed by atoms with van der Waals surface area (Å²) in [6, 6.07) is 12.0. The zero-order valence-corrected chi connectivity index (χ0v) is 19.3. The van der Waals surface area contributed by atoms with Crippen LogP contribution in [0.1, 0.15) is 24.0 Å². The second-order valence-electron chi connectivity index (χ2n) is 7.41. The Morgan fingerprint density at radius 2 is 1.69 bits per heavy atom. The highest BCUT2D eigenvalue weighted by Crippen LogP contribution is 2.39. The average Bonchev–Trinajstić information content (AvgIpc) is 2.85. The topological polar surface area (TPSA) is 82.6 Å². The molecule has 0 spiro atoms. The number of methoxy groups -OCH3 is 3. The zero-order valence-electron chi connectivity index (χ0n) is 19.3. The van der Waals surface area contributed by atoms with E-state index < -0.39 is 0 Å². The molecule has 1 fully saturated rings. The monoisotopic (exact) mass is 443 g/mol. The molecular weight excluding hydrogens is 410 g/mol. The van der Waals surface area contributed by atoms with Crippen molar-refractivity contribution in [3.05, 3.63) is 47.5 Å². The van der Waals surface area contributed by atoms with Crippen molar-refractivity contribution in [2.45, 2.75) is 32.1 Å². The molecule has 1 heterocycles. The van der Waals surface area contributed by atoms with Gasteiger partial charge in [-0.05, 0) is 24.0 Å². The first kappa shape index (κ1) is 23.7. The van der Waals surface area contributed by atoms with E-state index >= 15 is 0 Å². The van der Waals surface area contributed by atoms with Crippen LogP contribution in [-0.4, -0.2) is 53.7 Å². The second kappa shape index (κ2) is 12.2. The van der Waals surface area contributed by atoms with Crippen molar-refractivity contribution in [1.82, 2.24) is 5.32 Å². The summed E-state index contributed by atoms with van der Waals surface area (Å²) >= 11 is 0. The van der Waals surface area contributed by atoms with Gasteiger partial charge in [0, 0.05) is 44.6 Å². The van der Waals surface area contributed by atoms with Gasteiger partial charge in [0.25, 0.3) is 0 Å². The molecule has 0 aromatic heterocycles. The number of guanidine groups is 1. The summed E-state index contributed by atoms with van der Waals surface area (Å²) < 4.78 is 27.7. The lowest BCUT2D eigenvalue weighted by Gasteiger charge is -2.22. The molecule has 0 radical (unpaired) electrons. The van der Waals surface area contributed by atoms with Gasteiger partial charge in [0.2, 0.25) is 5.75 Å². The summed E-state index contributed by atoms with van der Waals surface area (Å²) in [6.45, 7) is 2.80. The Hall–Kier alpha value is -2.97. The molecule has 174 valence electrons. The van der Waals surface area contributed by atoms with E-state index in [0.717, 1.165) is 42.9 Å². The van der Waals surface area contributed by atoms with Gasteiger partial charge in [-0.3, -0.25) is 4.99 Å². The van der Waals surface area contributed by atoms with Crippen LogP contribution in [-0.2, 0) is 22.6 Å². The quantitative estimate of drug-likeness (QED) is 0.453. The fourth-order valence-electron chi connectivity index (χ4n) is 3.54. The first-order valence-electron chi connectivity index (χ1n) is 10.7. The van der Waals surface area contributed by atoms with Gasteiger partial charge >= 0.3 is 0 Å². The maximum Gasteiger partial charge on any atom is 0.203 e. The van der Waals surface area contributed by atoms with Crippen molar-refractivity contribution in [2.24, 2.45) is 4.99 Å². The fraction of sp³-hybridized carbons (Fsp3) is 0.458. The summed E-state index contributed by atoms with van der Waals surface area (Å²) in [7, 11) is 6.49. The van der Waals surface area contributed by atoms with Gasteiger partial charge in [-0.1, -0.05) is 24.3 Å². The predicted molar refractivity (Wildman–Crippen MR) is 125 cm³/mol. The van der Waals surface area contributed by atoms with Gasteiger partial charge in [-0.25, -0.2) is 0 Å². The third kappa shape index (κ3) is 6.51. The Morgan fingerprint density at radius 3 is 2.31 bits per heavy atom. The van der Waals surface area contributed by atoms with Crippen LogP contribution in [0.25, 0.3) is 0 Å². The third-order valence-electron chi connectivity index (χ3n) is 5.26. The maximum atomic E-state index is 6.04. The number of ether oxygens (including phenoxy) is 5. The molecule has 2 aromatic rings. The molecule has 1 aliphatic heterocycles. The molecule has 0 aliphatic carbocycles. The predicted octanol–water partition coefficient (Wildman–Crippen LogP) is 3.60. The minimum Gasteiger partial charge on any atom is -0.493 e. The smallest absolute Gasteiger partial charge is 0.203 e. The van der Waals surface area contributed by atoms with E-state index in [1.807, 2.05) is 12.1 Å². The number of aliphatic imine (C=N–C) groups is 1. The van der Waals surface area contributed by atoms with Crippen LogP contribution in [0.5, 0.6) is 17.2 Å². The van der Waals surface area contributed by atoms with Crippen LogP contribution in [0.2, 0.25) is 0 Å². The van der Waals surface area contributed by atoms with E-state index in [1.165, 1.54) is 0 Å². The largest absolute Gasteiger partial charge is 0.493 e. The standard InChI is InChI=1S/C24H33N3O5/c1-25-24(27-19-13-21(28-2)23(30-4)22(14-19)29-3)26-15-17-6-5-7-18(12-17)16-32-20-8-10-31-11-9-20/h5-7,12-14,20H,8-11,15-16H2,1-4H3,(H2,25,26,27). The summed E-state index contributed by atoms with van der Waals surface area (Å²) in [5.74, 6) is 2.32. The van der Waals surface area contributed by atoms with Crippen LogP contribution >= 0.6 is 0 Å². The van der Waals surface area contributed by atoms with E-state index in [0.29, 0.717) is 36.4 Å². The van der Waals surface area contributed by atoms with Gasteiger partial charge in [-0.15, -0.1) is 0 Å². The molecule has 1 aliphatic rings. The molecule has 2 aromatic carbocycles.